The van der Waals surface area contributed by atoms with Gasteiger partial charge in [-0.1, -0.05) is 0 Å². The molecule has 3 rings (SSSR count). The van der Waals surface area contributed by atoms with Crippen molar-refractivity contribution in [1.82, 2.24) is 19.7 Å². The van der Waals surface area contributed by atoms with E-state index in [9.17, 15) is 4.79 Å². The van der Waals surface area contributed by atoms with Crippen molar-refractivity contribution in [2.45, 2.75) is 27.3 Å². The third-order valence-corrected chi connectivity index (χ3v) is 4.25. The molecule has 6 heteroatoms. The molecule has 0 aliphatic carbocycles. The zero-order chi connectivity index (χ0) is 14.3. The first-order chi connectivity index (χ1) is 9.56. The van der Waals surface area contributed by atoms with Crippen molar-refractivity contribution in [3.63, 3.8) is 0 Å². The number of H-pyrrole nitrogens is 1. The van der Waals surface area contributed by atoms with Crippen LogP contribution in [0.25, 0.3) is 4.96 Å². The summed E-state index contributed by atoms with van der Waals surface area (Å²) < 4.78 is 2.06. The summed E-state index contributed by atoms with van der Waals surface area (Å²) in [5.74, 6) is -0.0648. The lowest BCUT2D eigenvalue weighted by Gasteiger charge is -2.05. The van der Waals surface area contributed by atoms with E-state index < -0.39 is 0 Å². The van der Waals surface area contributed by atoms with Gasteiger partial charge in [-0.25, -0.2) is 4.98 Å². The molecule has 2 N–H and O–H groups in total. The van der Waals surface area contributed by atoms with Crippen molar-refractivity contribution in [3.8, 4) is 0 Å². The van der Waals surface area contributed by atoms with Crippen molar-refractivity contribution < 1.29 is 4.79 Å². The number of nitrogens with one attached hydrogen (secondary N) is 2. The molecule has 0 fully saturated rings. The fourth-order valence-corrected chi connectivity index (χ4v) is 3.16. The van der Waals surface area contributed by atoms with Crippen molar-refractivity contribution in [2.75, 3.05) is 0 Å². The van der Waals surface area contributed by atoms with Gasteiger partial charge in [0, 0.05) is 23.5 Å². The fraction of sp³-hybridized carbons (Fsp3) is 0.286. The van der Waals surface area contributed by atoms with Gasteiger partial charge in [0.25, 0.3) is 5.91 Å². The number of aromatic nitrogens is 3. The Morgan fingerprint density at radius 3 is 2.90 bits per heavy atom. The molecule has 0 atom stereocenters. The molecule has 0 aromatic carbocycles. The molecular weight excluding hydrogens is 272 g/mol. The van der Waals surface area contributed by atoms with Gasteiger partial charge >= 0.3 is 0 Å². The number of imidazole rings is 1. The summed E-state index contributed by atoms with van der Waals surface area (Å²) in [4.78, 5) is 21.8. The molecule has 20 heavy (non-hydrogen) atoms. The summed E-state index contributed by atoms with van der Waals surface area (Å²) in [7, 11) is 0. The molecule has 104 valence electrons. The van der Waals surface area contributed by atoms with Gasteiger partial charge in [-0.2, -0.15) is 0 Å². The van der Waals surface area contributed by atoms with Gasteiger partial charge in [-0.05, 0) is 26.3 Å². The second-order valence-electron chi connectivity index (χ2n) is 4.87. The molecule has 0 saturated heterocycles. The third-order valence-electron chi connectivity index (χ3n) is 3.35. The fourth-order valence-electron chi connectivity index (χ4n) is 2.27. The van der Waals surface area contributed by atoms with Gasteiger partial charge in [-0.3, -0.25) is 9.20 Å². The van der Waals surface area contributed by atoms with E-state index in [1.165, 1.54) is 4.88 Å². The number of carbonyl (C=O) groups is 1. The van der Waals surface area contributed by atoms with Gasteiger partial charge in [0.05, 0.1) is 23.5 Å². The molecule has 0 aliphatic rings. The van der Waals surface area contributed by atoms with Crippen LogP contribution in [0.5, 0.6) is 0 Å². The molecule has 0 bridgehead atoms. The number of carbonyl (C=O) groups excluding carboxylic acids is 1. The van der Waals surface area contributed by atoms with Crippen LogP contribution >= 0.6 is 11.3 Å². The number of thiazole rings is 1. The minimum absolute atomic E-state index is 0.0648. The zero-order valence-corrected chi connectivity index (χ0v) is 12.5. The summed E-state index contributed by atoms with van der Waals surface area (Å²) in [6.45, 7) is 6.42. The smallest absolute Gasteiger partial charge is 0.253 e. The first-order valence-electron chi connectivity index (χ1n) is 6.42. The monoisotopic (exact) mass is 288 g/mol. The largest absolute Gasteiger partial charge is 0.367 e. The number of amides is 1. The Kier molecular flexibility index (Phi) is 3.10. The van der Waals surface area contributed by atoms with Crippen LogP contribution in [0.15, 0.2) is 18.6 Å². The zero-order valence-electron chi connectivity index (χ0n) is 11.7. The normalized spacial score (nSPS) is 11.2. The van der Waals surface area contributed by atoms with Gasteiger partial charge in [-0.15, -0.1) is 11.3 Å². The summed E-state index contributed by atoms with van der Waals surface area (Å²) in [6.07, 6.45) is 5.60. The number of aromatic amines is 1. The average Bonchev–Trinajstić information content (AvgIpc) is 3.02. The van der Waals surface area contributed by atoms with E-state index in [2.05, 4.69) is 32.8 Å². The Morgan fingerprint density at radius 2 is 2.20 bits per heavy atom. The molecule has 5 nitrogen and oxygen atoms in total. The first-order valence-corrected chi connectivity index (χ1v) is 7.23. The van der Waals surface area contributed by atoms with Crippen LogP contribution in [-0.4, -0.2) is 20.3 Å². The second-order valence-corrected chi connectivity index (χ2v) is 6.09. The Morgan fingerprint density at radius 1 is 1.40 bits per heavy atom. The second kappa shape index (κ2) is 4.79. The number of rotatable bonds is 3. The van der Waals surface area contributed by atoms with Crippen molar-refractivity contribution in [2.24, 2.45) is 0 Å². The SMILES string of the molecule is Cc1cn2c(CNC(=O)c3c[nH]cc3C)c(C)nc2s1. The van der Waals surface area contributed by atoms with Crippen LogP contribution in [0.1, 0.15) is 32.2 Å². The van der Waals surface area contributed by atoms with E-state index in [4.69, 9.17) is 0 Å². The molecule has 3 heterocycles. The standard InChI is InChI=1S/C14H16N4OS/c1-8-4-15-5-11(8)13(19)16-6-12-10(3)17-14-18(12)7-9(2)20-14/h4-5,7,15H,6H2,1-3H3,(H,16,19). The molecular formula is C14H16N4OS. The summed E-state index contributed by atoms with van der Waals surface area (Å²) in [5.41, 5.74) is 3.63. The quantitative estimate of drug-likeness (QED) is 0.778. The predicted molar refractivity (Wildman–Crippen MR) is 79.2 cm³/mol. The van der Waals surface area contributed by atoms with Crippen LogP contribution in [-0.2, 0) is 6.54 Å². The molecule has 3 aromatic rings. The Labute approximate surface area is 120 Å². The molecule has 3 aromatic heterocycles. The van der Waals surface area contributed by atoms with Gasteiger partial charge < -0.3 is 10.3 Å². The van der Waals surface area contributed by atoms with Gasteiger partial charge in [0.15, 0.2) is 4.96 Å². The molecule has 1 amide bonds. The maximum atomic E-state index is 12.1. The van der Waals surface area contributed by atoms with Gasteiger partial charge in [0.1, 0.15) is 0 Å². The molecule has 0 saturated carbocycles. The van der Waals surface area contributed by atoms with Crippen LogP contribution in [0.2, 0.25) is 0 Å². The highest BCUT2D eigenvalue weighted by Crippen LogP contribution is 2.20. The van der Waals surface area contributed by atoms with Crippen molar-refractivity contribution in [3.05, 3.63) is 46.0 Å². The minimum Gasteiger partial charge on any atom is -0.367 e. The van der Waals surface area contributed by atoms with Crippen LogP contribution < -0.4 is 5.32 Å². The van der Waals surface area contributed by atoms with Crippen LogP contribution in [0.4, 0.5) is 0 Å². The summed E-state index contributed by atoms with van der Waals surface area (Å²) in [6, 6.07) is 0. The van der Waals surface area contributed by atoms with Gasteiger partial charge in [0.2, 0.25) is 0 Å². The number of fused-ring (bicyclic) bond motifs is 1. The van der Waals surface area contributed by atoms with E-state index >= 15 is 0 Å². The van der Waals surface area contributed by atoms with E-state index in [1.807, 2.05) is 20.0 Å². The average molecular weight is 288 g/mol. The van der Waals surface area contributed by atoms with Crippen LogP contribution in [0.3, 0.4) is 0 Å². The predicted octanol–water partition coefficient (Wildman–Crippen LogP) is 2.58. The Bertz CT molecular complexity index is 780. The maximum Gasteiger partial charge on any atom is 0.253 e. The summed E-state index contributed by atoms with van der Waals surface area (Å²) >= 11 is 1.66. The van der Waals surface area contributed by atoms with E-state index in [-0.39, 0.29) is 5.91 Å². The highest BCUT2D eigenvalue weighted by atomic mass is 32.1. The highest BCUT2D eigenvalue weighted by molar-refractivity contribution is 7.17. The van der Waals surface area contributed by atoms with E-state index in [0.29, 0.717) is 12.1 Å². The number of nitrogens with zero attached hydrogens (tertiary/aromatic N) is 2. The highest BCUT2D eigenvalue weighted by Gasteiger charge is 2.14. The Balaban J connectivity index is 1.82. The van der Waals surface area contributed by atoms with Crippen molar-refractivity contribution >= 4 is 22.2 Å². The number of aryl methyl sites for hydroxylation is 3. The molecule has 0 radical (unpaired) electrons. The third kappa shape index (κ3) is 2.12. The van der Waals surface area contributed by atoms with Crippen LogP contribution in [0, 0.1) is 20.8 Å². The van der Waals surface area contributed by atoms with E-state index in [1.54, 1.807) is 17.5 Å². The number of hydrogen-bond donors (Lipinski definition) is 2. The lowest BCUT2D eigenvalue weighted by atomic mass is 10.2. The molecule has 0 unspecified atom stereocenters. The minimum atomic E-state index is -0.0648. The summed E-state index contributed by atoms with van der Waals surface area (Å²) in [5, 5.41) is 2.96. The van der Waals surface area contributed by atoms with E-state index in [0.717, 1.165) is 21.9 Å². The first kappa shape index (κ1) is 12.9. The lowest BCUT2D eigenvalue weighted by molar-refractivity contribution is 0.0950. The lowest BCUT2D eigenvalue weighted by Crippen LogP contribution is -2.24. The molecule has 0 aliphatic heterocycles. The van der Waals surface area contributed by atoms with Crippen molar-refractivity contribution in [1.29, 1.82) is 0 Å². The topological polar surface area (TPSA) is 62.2 Å². The molecule has 0 spiro atoms. The maximum absolute atomic E-state index is 12.1. The Hall–Kier alpha value is -2.08. The number of hydrogen-bond acceptors (Lipinski definition) is 3.